The van der Waals surface area contributed by atoms with Crippen LogP contribution in [-0.4, -0.2) is 17.4 Å². The lowest BCUT2D eigenvalue weighted by atomic mass is 10.2. The summed E-state index contributed by atoms with van der Waals surface area (Å²) in [6.07, 6.45) is 2.70. The first-order chi connectivity index (χ1) is 9.69. The molecule has 1 heterocycles. The third-order valence-electron chi connectivity index (χ3n) is 3.00. The zero-order chi connectivity index (χ0) is 14.4. The van der Waals surface area contributed by atoms with Gasteiger partial charge in [-0.05, 0) is 25.5 Å². The zero-order valence-corrected chi connectivity index (χ0v) is 12.5. The number of hydrogen-bond donors (Lipinski definition) is 2. The van der Waals surface area contributed by atoms with Gasteiger partial charge in [0.25, 0.3) is 0 Å². The van der Waals surface area contributed by atoms with Gasteiger partial charge in [0.15, 0.2) is 0 Å². The van der Waals surface area contributed by atoms with Crippen molar-refractivity contribution >= 4 is 22.9 Å². The minimum absolute atomic E-state index is 0.0381. The van der Waals surface area contributed by atoms with E-state index in [4.69, 9.17) is 0 Å². The smallest absolute Gasteiger partial charge is 0.238 e. The molecule has 1 aromatic heterocycles. The topological polar surface area (TPSA) is 54.0 Å². The molecule has 4 nitrogen and oxygen atoms in total. The number of thiazole rings is 1. The number of carbonyl (C=O) groups is 1. The van der Waals surface area contributed by atoms with Crippen LogP contribution in [0.15, 0.2) is 35.8 Å². The number of anilines is 1. The molecule has 0 saturated heterocycles. The second kappa shape index (κ2) is 7.17. The third kappa shape index (κ3) is 4.15. The van der Waals surface area contributed by atoms with E-state index in [1.54, 1.807) is 17.5 Å². The van der Waals surface area contributed by atoms with Gasteiger partial charge in [0.1, 0.15) is 5.01 Å². The number of rotatable bonds is 6. The molecule has 2 rings (SSSR count). The third-order valence-corrected chi connectivity index (χ3v) is 3.89. The van der Waals surface area contributed by atoms with Crippen LogP contribution in [0, 0.1) is 6.92 Å². The molecule has 1 amide bonds. The van der Waals surface area contributed by atoms with Gasteiger partial charge >= 0.3 is 0 Å². The van der Waals surface area contributed by atoms with Crippen LogP contribution in [0.1, 0.15) is 30.0 Å². The van der Waals surface area contributed by atoms with Gasteiger partial charge < -0.3 is 5.32 Å². The molecule has 0 aliphatic carbocycles. The fourth-order valence-corrected chi connectivity index (χ4v) is 2.67. The summed E-state index contributed by atoms with van der Waals surface area (Å²) >= 11 is 1.61. The molecule has 0 saturated carbocycles. The van der Waals surface area contributed by atoms with Gasteiger partial charge in [-0.15, -0.1) is 11.3 Å². The Balaban J connectivity index is 1.84. The summed E-state index contributed by atoms with van der Waals surface area (Å²) in [5.74, 6) is -0.0381. The Hall–Kier alpha value is -1.72. The molecular formula is C15H19N3OS. The number of aromatic nitrogens is 1. The summed E-state index contributed by atoms with van der Waals surface area (Å²) in [6, 6.07) is 7.91. The quantitative estimate of drug-likeness (QED) is 0.859. The lowest BCUT2D eigenvalue weighted by Crippen LogP contribution is -2.31. The van der Waals surface area contributed by atoms with Crippen molar-refractivity contribution in [2.75, 3.05) is 11.9 Å². The number of aryl methyl sites for hydroxylation is 1. The summed E-state index contributed by atoms with van der Waals surface area (Å²) in [4.78, 5) is 16.2. The molecule has 2 N–H and O–H groups in total. The lowest BCUT2D eigenvalue weighted by molar-refractivity contribution is -0.115. The zero-order valence-electron chi connectivity index (χ0n) is 11.7. The molecule has 1 unspecified atom stereocenters. The summed E-state index contributed by atoms with van der Waals surface area (Å²) in [5.41, 5.74) is 2.00. The van der Waals surface area contributed by atoms with E-state index in [0.717, 1.165) is 17.1 Å². The Bertz CT molecular complexity index is 537. The number of nitrogens with zero attached hydrogens (tertiary/aromatic N) is 1. The van der Waals surface area contributed by atoms with Crippen molar-refractivity contribution in [1.82, 2.24) is 10.3 Å². The van der Waals surface area contributed by atoms with Crippen LogP contribution in [0.2, 0.25) is 0 Å². The predicted octanol–water partition coefficient (Wildman–Crippen LogP) is 3.13. The largest absolute Gasteiger partial charge is 0.325 e. The molecule has 1 aromatic carbocycles. The summed E-state index contributed by atoms with van der Waals surface area (Å²) in [6.45, 7) is 4.38. The standard InChI is InChI=1S/C15H19N3OS/c1-3-13(15-16-8-9-20-15)17-10-14(19)18-12-6-4-11(2)5-7-12/h4-9,13,17H,3,10H2,1-2H3,(H,18,19). The highest BCUT2D eigenvalue weighted by Gasteiger charge is 2.12. The van der Waals surface area contributed by atoms with Crippen molar-refractivity contribution in [2.24, 2.45) is 0 Å². The Morgan fingerprint density at radius 2 is 2.10 bits per heavy atom. The first-order valence-electron chi connectivity index (χ1n) is 6.68. The van der Waals surface area contributed by atoms with E-state index >= 15 is 0 Å². The molecule has 1 atom stereocenters. The van der Waals surface area contributed by atoms with Crippen LogP contribution in [0.4, 0.5) is 5.69 Å². The van der Waals surface area contributed by atoms with Crippen LogP contribution < -0.4 is 10.6 Å². The van der Waals surface area contributed by atoms with Crippen molar-refractivity contribution in [3.05, 3.63) is 46.4 Å². The van der Waals surface area contributed by atoms with Crippen LogP contribution in [0.25, 0.3) is 0 Å². The molecule has 0 bridgehead atoms. The Morgan fingerprint density at radius 3 is 2.70 bits per heavy atom. The van der Waals surface area contributed by atoms with E-state index in [1.807, 2.05) is 36.6 Å². The minimum atomic E-state index is -0.0381. The molecular weight excluding hydrogens is 270 g/mol. The fraction of sp³-hybridized carbons (Fsp3) is 0.333. The maximum atomic E-state index is 11.9. The summed E-state index contributed by atoms with van der Waals surface area (Å²) in [7, 11) is 0. The van der Waals surface area contributed by atoms with E-state index < -0.39 is 0 Å². The number of nitrogens with one attached hydrogen (secondary N) is 2. The van der Waals surface area contributed by atoms with Gasteiger partial charge in [-0.2, -0.15) is 0 Å². The van der Waals surface area contributed by atoms with Gasteiger partial charge in [0, 0.05) is 17.3 Å². The lowest BCUT2D eigenvalue weighted by Gasteiger charge is -2.14. The molecule has 0 spiro atoms. The van der Waals surface area contributed by atoms with Gasteiger partial charge in [0.05, 0.1) is 12.6 Å². The van der Waals surface area contributed by atoms with Crippen molar-refractivity contribution in [3.8, 4) is 0 Å². The Morgan fingerprint density at radius 1 is 1.35 bits per heavy atom. The summed E-state index contributed by atoms with van der Waals surface area (Å²) in [5, 5.41) is 9.09. The average Bonchev–Trinajstić information content (AvgIpc) is 2.96. The monoisotopic (exact) mass is 289 g/mol. The van der Waals surface area contributed by atoms with Crippen molar-refractivity contribution in [3.63, 3.8) is 0 Å². The molecule has 0 aliphatic rings. The molecule has 0 aliphatic heterocycles. The van der Waals surface area contributed by atoms with Crippen LogP contribution >= 0.6 is 11.3 Å². The van der Waals surface area contributed by atoms with E-state index in [0.29, 0.717) is 0 Å². The maximum Gasteiger partial charge on any atom is 0.238 e. The van der Waals surface area contributed by atoms with E-state index in [9.17, 15) is 4.79 Å². The van der Waals surface area contributed by atoms with Gasteiger partial charge in [-0.3, -0.25) is 10.1 Å². The van der Waals surface area contributed by atoms with Crippen LogP contribution in [0.3, 0.4) is 0 Å². The molecule has 0 radical (unpaired) electrons. The number of carbonyl (C=O) groups excluding carboxylic acids is 1. The van der Waals surface area contributed by atoms with Crippen LogP contribution in [-0.2, 0) is 4.79 Å². The highest BCUT2D eigenvalue weighted by atomic mass is 32.1. The SMILES string of the molecule is CCC(NCC(=O)Nc1ccc(C)cc1)c1nccs1. The Kier molecular flexibility index (Phi) is 5.26. The minimum Gasteiger partial charge on any atom is -0.325 e. The fourth-order valence-electron chi connectivity index (χ4n) is 1.87. The van der Waals surface area contributed by atoms with Gasteiger partial charge in [-0.25, -0.2) is 4.98 Å². The predicted molar refractivity (Wildman–Crippen MR) is 83.0 cm³/mol. The number of benzene rings is 1. The highest BCUT2D eigenvalue weighted by molar-refractivity contribution is 7.09. The summed E-state index contributed by atoms with van der Waals surface area (Å²) < 4.78 is 0. The average molecular weight is 289 g/mol. The number of hydrogen-bond acceptors (Lipinski definition) is 4. The van der Waals surface area contributed by atoms with E-state index in [2.05, 4.69) is 22.5 Å². The second-order valence-electron chi connectivity index (χ2n) is 4.63. The maximum absolute atomic E-state index is 11.9. The first kappa shape index (κ1) is 14.7. The first-order valence-corrected chi connectivity index (χ1v) is 7.56. The van der Waals surface area contributed by atoms with Crippen molar-refractivity contribution in [2.45, 2.75) is 26.3 Å². The van der Waals surface area contributed by atoms with E-state index in [-0.39, 0.29) is 18.5 Å². The highest BCUT2D eigenvalue weighted by Crippen LogP contribution is 2.18. The Labute approximate surface area is 123 Å². The second-order valence-corrected chi connectivity index (χ2v) is 5.55. The molecule has 106 valence electrons. The number of amides is 1. The molecule has 2 aromatic rings. The van der Waals surface area contributed by atoms with Crippen molar-refractivity contribution < 1.29 is 4.79 Å². The van der Waals surface area contributed by atoms with Crippen LogP contribution in [0.5, 0.6) is 0 Å². The normalized spacial score (nSPS) is 12.1. The van der Waals surface area contributed by atoms with Gasteiger partial charge in [0.2, 0.25) is 5.91 Å². The van der Waals surface area contributed by atoms with E-state index in [1.165, 1.54) is 5.56 Å². The molecule has 20 heavy (non-hydrogen) atoms. The molecule has 0 fully saturated rings. The molecule has 5 heteroatoms. The van der Waals surface area contributed by atoms with Crippen molar-refractivity contribution in [1.29, 1.82) is 0 Å². The van der Waals surface area contributed by atoms with Gasteiger partial charge in [-0.1, -0.05) is 24.6 Å².